The lowest BCUT2D eigenvalue weighted by molar-refractivity contribution is -0.401. The van der Waals surface area contributed by atoms with Gasteiger partial charge in [-0.15, -0.1) is 0 Å². The molecule has 0 saturated heterocycles. The van der Waals surface area contributed by atoms with Crippen molar-refractivity contribution in [1.29, 1.82) is 0 Å². The number of aliphatic carboxylic acids is 1. The Hall–Kier alpha value is -3.96. The number of anilines is 1. The van der Waals surface area contributed by atoms with Crippen molar-refractivity contribution in [3.63, 3.8) is 0 Å². The van der Waals surface area contributed by atoms with Crippen LogP contribution in [0.3, 0.4) is 0 Å². The first-order valence-electron chi connectivity index (χ1n) is 10.1. The van der Waals surface area contributed by atoms with Gasteiger partial charge >= 0.3 is 5.97 Å². The van der Waals surface area contributed by atoms with E-state index in [4.69, 9.17) is 28.6 Å². The van der Waals surface area contributed by atoms with Gasteiger partial charge in [0.15, 0.2) is 17.5 Å². The van der Waals surface area contributed by atoms with E-state index in [9.17, 15) is 9.59 Å². The minimum absolute atomic E-state index is 0. The standard InChI is InChI=1S/C23H25N3O8.ClH/c1-30-17-6-5-12(7-16(17)25-23(29)15(24)10-20(27)28)14-11-34-26-21(14)13-8-18(31-2)22(33-4)19(9-13)32-3;/h5-9,11,15H,10,24H2,1-4H3,(H,25,29)(H,27,28);1H. The molecule has 0 aliphatic rings. The molecule has 11 nitrogen and oxygen atoms in total. The van der Waals surface area contributed by atoms with Crippen LogP contribution < -0.4 is 42.4 Å². The molecule has 0 fully saturated rings. The van der Waals surface area contributed by atoms with Crippen molar-refractivity contribution in [2.75, 3.05) is 33.8 Å². The normalized spacial score (nSPS) is 11.1. The number of methoxy groups -OCH3 is 4. The number of hydrogen-bond donors (Lipinski definition) is 3. The second-order valence-electron chi connectivity index (χ2n) is 7.19. The fourth-order valence-electron chi connectivity index (χ4n) is 3.38. The number of carbonyl (C=O) groups excluding carboxylic acids is 1. The molecule has 1 heterocycles. The highest BCUT2D eigenvalue weighted by Gasteiger charge is 2.23. The van der Waals surface area contributed by atoms with Gasteiger partial charge in [0.1, 0.15) is 24.1 Å². The summed E-state index contributed by atoms with van der Waals surface area (Å²) in [6, 6.07) is 7.64. The molecule has 3 aromatic rings. The van der Waals surface area contributed by atoms with Gasteiger partial charge in [-0.05, 0) is 29.8 Å². The van der Waals surface area contributed by atoms with Crippen molar-refractivity contribution >= 4 is 17.6 Å². The van der Waals surface area contributed by atoms with Crippen molar-refractivity contribution in [3.8, 4) is 45.4 Å². The topological polar surface area (TPSA) is 157 Å². The lowest BCUT2D eigenvalue weighted by Gasteiger charge is -2.15. The molecule has 1 aromatic heterocycles. The van der Waals surface area contributed by atoms with Gasteiger partial charge in [0.05, 0.1) is 34.1 Å². The molecule has 3 rings (SSSR count). The van der Waals surface area contributed by atoms with E-state index in [1.165, 1.54) is 34.7 Å². The van der Waals surface area contributed by atoms with Gasteiger partial charge in [-0.1, -0.05) is 11.2 Å². The Bertz CT molecular complexity index is 1170. The minimum Gasteiger partial charge on any atom is -1.00 e. The number of rotatable bonds is 10. The zero-order valence-corrected chi connectivity index (χ0v) is 20.3. The largest absolute Gasteiger partial charge is 1.00 e. The zero-order chi connectivity index (χ0) is 24.8. The van der Waals surface area contributed by atoms with Crippen LogP contribution in [0.15, 0.2) is 41.1 Å². The first kappa shape index (κ1) is 27.3. The van der Waals surface area contributed by atoms with Crippen LogP contribution in [0, 0.1) is 0 Å². The summed E-state index contributed by atoms with van der Waals surface area (Å²) in [7, 11) is 6.01. The summed E-state index contributed by atoms with van der Waals surface area (Å²) < 4.78 is 26.8. The van der Waals surface area contributed by atoms with Crippen molar-refractivity contribution in [2.24, 2.45) is 0 Å². The summed E-state index contributed by atoms with van der Waals surface area (Å²) >= 11 is 0. The van der Waals surface area contributed by atoms with E-state index in [2.05, 4.69) is 16.2 Å². The Morgan fingerprint density at radius 3 is 2.17 bits per heavy atom. The monoisotopic (exact) mass is 507 g/mol. The molecular formula is C23H26ClN3O8. The average molecular weight is 508 g/mol. The number of carboxylic acid groups (broad SMARTS) is 1. The first-order valence-corrected chi connectivity index (χ1v) is 10.1. The number of aromatic nitrogens is 1. The molecular weight excluding hydrogens is 482 g/mol. The van der Waals surface area contributed by atoms with Crippen molar-refractivity contribution < 1.29 is 56.3 Å². The molecule has 0 bridgehead atoms. The Kier molecular flexibility index (Phi) is 9.32. The third-order valence-electron chi connectivity index (χ3n) is 5.07. The van der Waals surface area contributed by atoms with Crippen molar-refractivity contribution in [2.45, 2.75) is 12.5 Å². The number of carboxylic acids is 1. The maximum atomic E-state index is 12.4. The van der Waals surface area contributed by atoms with Crippen LogP contribution in [-0.4, -0.2) is 56.6 Å². The second kappa shape index (κ2) is 12.0. The summed E-state index contributed by atoms with van der Waals surface area (Å²) in [5.41, 5.74) is 6.41. The second-order valence-corrected chi connectivity index (χ2v) is 7.19. The first-order chi connectivity index (χ1) is 16.3. The Morgan fingerprint density at radius 2 is 1.63 bits per heavy atom. The molecule has 0 saturated carbocycles. The van der Waals surface area contributed by atoms with E-state index < -0.39 is 24.3 Å². The van der Waals surface area contributed by atoms with Gasteiger partial charge in [-0.25, -0.2) is 0 Å². The van der Waals surface area contributed by atoms with Crippen LogP contribution in [0.4, 0.5) is 5.69 Å². The SMILES string of the molecule is COc1ccc(-c2conc2-c2cc(OC)c(OC)c(OC)c2)cc1NC(=O)C([NH3+])CC(=O)O.[Cl-]. The van der Waals surface area contributed by atoms with Gasteiger partial charge in [0.2, 0.25) is 5.75 Å². The molecule has 0 spiro atoms. The predicted molar refractivity (Wildman–Crippen MR) is 121 cm³/mol. The van der Waals surface area contributed by atoms with Crippen LogP contribution in [0.5, 0.6) is 23.0 Å². The Balaban J connectivity index is 0.00000432. The average Bonchev–Trinajstić information content (AvgIpc) is 3.32. The van der Waals surface area contributed by atoms with E-state index in [1.807, 2.05) is 0 Å². The van der Waals surface area contributed by atoms with Crippen LogP contribution in [0.1, 0.15) is 6.42 Å². The van der Waals surface area contributed by atoms with E-state index in [1.54, 1.807) is 30.3 Å². The highest BCUT2D eigenvalue weighted by molar-refractivity contribution is 5.97. The molecule has 188 valence electrons. The van der Waals surface area contributed by atoms with Crippen LogP contribution in [0.25, 0.3) is 22.4 Å². The number of halogens is 1. The third-order valence-corrected chi connectivity index (χ3v) is 5.07. The van der Waals surface area contributed by atoms with Crippen LogP contribution in [0.2, 0.25) is 0 Å². The molecule has 0 aliphatic carbocycles. The number of quaternary nitrogens is 1. The highest BCUT2D eigenvalue weighted by atomic mass is 35.5. The van der Waals surface area contributed by atoms with Gasteiger partial charge in [0.25, 0.3) is 5.91 Å². The van der Waals surface area contributed by atoms with Gasteiger partial charge in [-0.3, -0.25) is 9.59 Å². The minimum atomic E-state index is -1.12. The number of carbonyl (C=O) groups is 2. The van der Waals surface area contributed by atoms with Crippen molar-refractivity contribution in [1.82, 2.24) is 5.16 Å². The third kappa shape index (κ3) is 5.94. The summed E-state index contributed by atoms with van der Waals surface area (Å²) in [6.07, 6.45) is 1.07. The lowest BCUT2D eigenvalue weighted by Crippen LogP contribution is -3.00. The van der Waals surface area contributed by atoms with Gasteiger partial charge in [0, 0.05) is 11.1 Å². The van der Waals surface area contributed by atoms with E-state index >= 15 is 0 Å². The van der Waals surface area contributed by atoms with E-state index in [0.717, 1.165) is 0 Å². The van der Waals surface area contributed by atoms with Crippen LogP contribution >= 0.6 is 0 Å². The highest BCUT2D eigenvalue weighted by Crippen LogP contribution is 2.43. The number of hydrogen-bond acceptors (Lipinski definition) is 8. The number of benzene rings is 2. The zero-order valence-electron chi connectivity index (χ0n) is 19.6. The number of amides is 1. The molecule has 1 amide bonds. The summed E-state index contributed by atoms with van der Waals surface area (Å²) in [5, 5.41) is 15.8. The number of ether oxygens (including phenoxy) is 4. The number of nitrogens with zero attached hydrogens (tertiary/aromatic N) is 1. The fraction of sp³-hybridized carbons (Fsp3) is 0.261. The summed E-state index contributed by atoms with van der Waals surface area (Å²) in [4.78, 5) is 23.4. The smallest absolute Gasteiger partial charge is 0.309 e. The molecule has 0 aliphatic heterocycles. The van der Waals surface area contributed by atoms with Gasteiger partial charge < -0.3 is 52.0 Å². The Morgan fingerprint density at radius 1 is 1.00 bits per heavy atom. The fourth-order valence-corrected chi connectivity index (χ4v) is 3.38. The number of nitrogens with one attached hydrogen (secondary N) is 1. The lowest BCUT2D eigenvalue weighted by atomic mass is 10.0. The molecule has 12 heteroatoms. The Labute approximate surface area is 207 Å². The molecule has 1 atom stereocenters. The van der Waals surface area contributed by atoms with E-state index in [-0.39, 0.29) is 12.4 Å². The summed E-state index contributed by atoms with van der Waals surface area (Å²) in [6.45, 7) is 0. The quantitative estimate of drug-likeness (QED) is 0.315. The molecule has 35 heavy (non-hydrogen) atoms. The maximum absolute atomic E-state index is 12.4. The van der Waals surface area contributed by atoms with Gasteiger partial charge in [-0.2, -0.15) is 0 Å². The van der Waals surface area contributed by atoms with Crippen LogP contribution in [-0.2, 0) is 9.59 Å². The maximum Gasteiger partial charge on any atom is 0.309 e. The predicted octanol–water partition coefficient (Wildman–Crippen LogP) is -0.929. The molecule has 2 aromatic carbocycles. The molecule has 0 radical (unpaired) electrons. The molecule has 5 N–H and O–H groups in total. The van der Waals surface area contributed by atoms with Crippen molar-refractivity contribution in [3.05, 3.63) is 36.6 Å². The summed E-state index contributed by atoms with van der Waals surface area (Å²) in [5.74, 6) is 0.0768. The molecule has 1 unspecified atom stereocenters. The van der Waals surface area contributed by atoms with E-state index in [0.29, 0.717) is 51.1 Å².